The molecule has 0 bridgehead atoms. The predicted octanol–water partition coefficient (Wildman–Crippen LogP) is 0.971. The van der Waals surface area contributed by atoms with Gasteiger partial charge in [0, 0.05) is 38.3 Å². The van der Waals surface area contributed by atoms with Gasteiger partial charge in [-0.2, -0.15) is 0 Å². The SMILES string of the molecule is CC1(C(=O)N2CCN(C(=O)c3ccccc3)CC2)CCNC1. The summed E-state index contributed by atoms with van der Waals surface area (Å²) in [4.78, 5) is 28.8. The normalized spacial score (nSPS) is 25.3. The first-order valence-corrected chi connectivity index (χ1v) is 7.95. The second kappa shape index (κ2) is 6.08. The van der Waals surface area contributed by atoms with E-state index in [0.29, 0.717) is 31.7 Å². The molecule has 118 valence electrons. The molecule has 2 heterocycles. The molecule has 1 aromatic rings. The fraction of sp³-hybridized carbons (Fsp3) is 0.529. The smallest absolute Gasteiger partial charge is 0.253 e. The van der Waals surface area contributed by atoms with Crippen LogP contribution in [0.5, 0.6) is 0 Å². The zero-order valence-electron chi connectivity index (χ0n) is 13.0. The van der Waals surface area contributed by atoms with Crippen LogP contribution in [0.4, 0.5) is 0 Å². The van der Waals surface area contributed by atoms with Crippen molar-refractivity contribution in [3.8, 4) is 0 Å². The molecule has 0 aliphatic carbocycles. The van der Waals surface area contributed by atoms with E-state index in [2.05, 4.69) is 5.32 Å². The Morgan fingerprint density at radius 3 is 2.27 bits per heavy atom. The molecule has 1 N–H and O–H groups in total. The van der Waals surface area contributed by atoms with Crippen molar-refractivity contribution < 1.29 is 9.59 Å². The molecule has 3 rings (SSSR count). The molecule has 5 nitrogen and oxygen atoms in total. The van der Waals surface area contributed by atoms with Gasteiger partial charge in [-0.05, 0) is 32.0 Å². The third-order valence-corrected chi connectivity index (χ3v) is 4.76. The minimum absolute atomic E-state index is 0.0569. The summed E-state index contributed by atoms with van der Waals surface area (Å²) >= 11 is 0. The van der Waals surface area contributed by atoms with E-state index >= 15 is 0 Å². The molecule has 2 fully saturated rings. The Kier molecular flexibility index (Phi) is 4.16. The molecule has 2 saturated heterocycles. The number of nitrogens with zero attached hydrogens (tertiary/aromatic N) is 2. The molecule has 2 amide bonds. The first kappa shape index (κ1) is 15.0. The monoisotopic (exact) mass is 301 g/mol. The minimum Gasteiger partial charge on any atom is -0.339 e. The van der Waals surface area contributed by atoms with Crippen molar-refractivity contribution in [1.29, 1.82) is 0 Å². The van der Waals surface area contributed by atoms with Crippen molar-refractivity contribution in [2.45, 2.75) is 13.3 Å². The van der Waals surface area contributed by atoms with Crippen LogP contribution in [-0.2, 0) is 4.79 Å². The van der Waals surface area contributed by atoms with E-state index < -0.39 is 0 Å². The van der Waals surface area contributed by atoms with Crippen molar-refractivity contribution in [3.05, 3.63) is 35.9 Å². The summed E-state index contributed by atoms with van der Waals surface area (Å²) in [5, 5.41) is 3.27. The van der Waals surface area contributed by atoms with Gasteiger partial charge >= 0.3 is 0 Å². The highest BCUT2D eigenvalue weighted by molar-refractivity contribution is 5.94. The Morgan fingerprint density at radius 2 is 1.68 bits per heavy atom. The van der Waals surface area contributed by atoms with Crippen molar-refractivity contribution in [2.75, 3.05) is 39.3 Å². The molecule has 2 aliphatic rings. The fourth-order valence-electron chi connectivity index (χ4n) is 3.26. The Hall–Kier alpha value is -1.88. The molecule has 2 aliphatic heterocycles. The molecule has 1 atom stereocenters. The summed E-state index contributed by atoms with van der Waals surface area (Å²) in [5.74, 6) is 0.283. The van der Waals surface area contributed by atoms with Gasteiger partial charge in [0.1, 0.15) is 0 Å². The largest absolute Gasteiger partial charge is 0.339 e. The van der Waals surface area contributed by atoms with Crippen molar-refractivity contribution in [3.63, 3.8) is 0 Å². The van der Waals surface area contributed by atoms with Crippen LogP contribution in [0.3, 0.4) is 0 Å². The average molecular weight is 301 g/mol. The maximum atomic E-state index is 12.7. The van der Waals surface area contributed by atoms with Gasteiger partial charge in [-0.1, -0.05) is 18.2 Å². The summed E-state index contributed by atoms with van der Waals surface area (Å²) in [7, 11) is 0. The van der Waals surface area contributed by atoms with E-state index in [9.17, 15) is 9.59 Å². The summed E-state index contributed by atoms with van der Waals surface area (Å²) in [6.45, 7) is 6.20. The number of hydrogen-bond donors (Lipinski definition) is 1. The van der Waals surface area contributed by atoms with E-state index in [1.165, 1.54) is 0 Å². The molecule has 0 saturated carbocycles. The average Bonchev–Trinajstić information content (AvgIpc) is 3.02. The van der Waals surface area contributed by atoms with Crippen LogP contribution in [0.1, 0.15) is 23.7 Å². The number of hydrogen-bond acceptors (Lipinski definition) is 3. The van der Waals surface area contributed by atoms with E-state index in [1.54, 1.807) is 0 Å². The number of nitrogens with one attached hydrogen (secondary N) is 1. The lowest BCUT2D eigenvalue weighted by molar-refractivity contribution is -0.141. The van der Waals surface area contributed by atoms with Gasteiger partial charge in [-0.25, -0.2) is 0 Å². The molecular formula is C17H23N3O2. The number of piperazine rings is 1. The van der Waals surface area contributed by atoms with Crippen LogP contribution in [0, 0.1) is 5.41 Å². The van der Waals surface area contributed by atoms with Gasteiger partial charge in [0.25, 0.3) is 5.91 Å². The van der Waals surface area contributed by atoms with Crippen LogP contribution >= 0.6 is 0 Å². The first-order valence-electron chi connectivity index (χ1n) is 7.95. The molecule has 1 aromatic carbocycles. The van der Waals surface area contributed by atoms with E-state index in [-0.39, 0.29) is 17.2 Å². The standard InChI is InChI=1S/C17H23N3O2/c1-17(7-8-18-13-17)16(22)20-11-9-19(10-12-20)15(21)14-5-3-2-4-6-14/h2-6,18H,7-13H2,1H3. The fourth-order valence-corrected chi connectivity index (χ4v) is 3.26. The molecule has 1 unspecified atom stereocenters. The zero-order chi connectivity index (χ0) is 15.6. The van der Waals surface area contributed by atoms with Crippen LogP contribution < -0.4 is 5.32 Å². The second-order valence-electron chi connectivity index (χ2n) is 6.44. The van der Waals surface area contributed by atoms with Crippen molar-refractivity contribution in [1.82, 2.24) is 15.1 Å². The van der Waals surface area contributed by atoms with Gasteiger partial charge < -0.3 is 15.1 Å². The highest BCUT2D eigenvalue weighted by atomic mass is 16.2. The van der Waals surface area contributed by atoms with Crippen LogP contribution in [0.25, 0.3) is 0 Å². The topological polar surface area (TPSA) is 52.7 Å². The third kappa shape index (κ3) is 2.86. The maximum Gasteiger partial charge on any atom is 0.253 e. The van der Waals surface area contributed by atoms with E-state index in [0.717, 1.165) is 19.5 Å². The minimum atomic E-state index is -0.272. The van der Waals surface area contributed by atoms with Crippen LogP contribution in [0.2, 0.25) is 0 Å². The quantitative estimate of drug-likeness (QED) is 0.885. The summed E-state index contributed by atoms with van der Waals surface area (Å²) in [5.41, 5.74) is 0.445. The number of amides is 2. The molecule has 0 aromatic heterocycles. The number of carbonyl (C=O) groups is 2. The molecule has 0 radical (unpaired) electrons. The lowest BCUT2D eigenvalue weighted by atomic mass is 9.88. The summed E-state index contributed by atoms with van der Waals surface area (Å²) < 4.78 is 0. The van der Waals surface area contributed by atoms with Gasteiger partial charge in [0.15, 0.2) is 0 Å². The van der Waals surface area contributed by atoms with Gasteiger partial charge in [0.05, 0.1) is 5.41 Å². The van der Waals surface area contributed by atoms with Crippen molar-refractivity contribution in [2.24, 2.45) is 5.41 Å². The first-order chi connectivity index (χ1) is 10.6. The Bertz CT molecular complexity index is 544. The Balaban J connectivity index is 1.58. The molecule has 22 heavy (non-hydrogen) atoms. The maximum absolute atomic E-state index is 12.7. The number of benzene rings is 1. The lowest BCUT2D eigenvalue weighted by Crippen LogP contribution is -2.54. The van der Waals surface area contributed by atoms with Gasteiger partial charge in [0.2, 0.25) is 5.91 Å². The molecule has 5 heteroatoms. The van der Waals surface area contributed by atoms with Crippen LogP contribution in [-0.4, -0.2) is 60.9 Å². The van der Waals surface area contributed by atoms with Crippen LogP contribution in [0.15, 0.2) is 30.3 Å². The van der Waals surface area contributed by atoms with E-state index in [4.69, 9.17) is 0 Å². The zero-order valence-corrected chi connectivity index (χ0v) is 13.0. The predicted molar refractivity (Wildman–Crippen MR) is 84.5 cm³/mol. The van der Waals surface area contributed by atoms with Gasteiger partial charge in [-0.15, -0.1) is 0 Å². The number of rotatable bonds is 2. The summed E-state index contributed by atoms with van der Waals surface area (Å²) in [6.07, 6.45) is 0.898. The highest BCUT2D eigenvalue weighted by Crippen LogP contribution is 2.27. The Labute approximate surface area is 131 Å². The third-order valence-electron chi connectivity index (χ3n) is 4.76. The molecular weight excluding hydrogens is 278 g/mol. The highest BCUT2D eigenvalue weighted by Gasteiger charge is 2.40. The van der Waals surface area contributed by atoms with Crippen molar-refractivity contribution >= 4 is 11.8 Å². The number of carbonyl (C=O) groups excluding carboxylic acids is 2. The van der Waals surface area contributed by atoms with E-state index in [1.807, 2.05) is 47.1 Å². The summed E-state index contributed by atoms with van der Waals surface area (Å²) in [6, 6.07) is 9.34. The lowest BCUT2D eigenvalue weighted by Gasteiger charge is -2.38. The molecule has 0 spiro atoms. The Morgan fingerprint density at radius 1 is 1.05 bits per heavy atom. The second-order valence-corrected chi connectivity index (χ2v) is 6.44. The van der Waals surface area contributed by atoms with Gasteiger partial charge in [-0.3, -0.25) is 9.59 Å².